The molecule has 0 saturated carbocycles. The Morgan fingerprint density at radius 3 is 2.59 bits per heavy atom. The molecule has 5 heteroatoms. The lowest BCUT2D eigenvalue weighted by molar-refractivity contribution is 0.111. The monoisotopic (exact) mass is 313 g/mol. The number of carbonyl (C=O) groups excluding carboxylic acids is 1. The zero-order chi connectivity index (χ0) is 15.7. The van der Waals surface area contributed by atoms with Crippen molar-refractivity contribution in [3.05, 3.63) is 40.5 Å². The molecule has 2 aromatic heterocycles. The maximum Gasteiger partial charge on any atom is 0.213 e. The highest BCUT2D eigenvalue weighted by atomic mass is 32.1. The first-order valence-corrected chi connectivity index (χ1v) is 8.37. The highest BCUT2D eigenvalue weighted by molar-refractivity contribution is 7.16. The first-order chi connectivity index (χ1) is 10.6. The standard InChI is InChI=1S/C17H19N3OS/c1-4-12-5-7-13(8-6-12)16-14(10-21)20-17(18-16)22-15(19-20)9-11(2)3/h5-8,10-11H,4,9H2,1-3H3. The van der Waals surface area contributed by atoms with Crippen LogP contribution < -0.4 is 0 Å². The molecule has 0 bridgehead atoms. The number of aldehydes is 1. The Bertz CT molecular complexity index is 799. The largest absolute Gasteiger partial charge is 0.296 e. The van der Waals surface area contributed by atoms with E-state index in [2.05, 4.69) is 43.0 Å². The number of fused-ring (bicyclic) bond motifs is 1. The van der Waals surface area contributed by atoms with Gasteiger partial charge >= 0.3 is 0 Å². The lowest BCUT2D eigenvalue weighted by Crippen LogP contribution is -1.98. The van der Waals surface area contributed by atoms with Crippen molar-refractivity contribution >= 4 is 22.6 Å². The van der Waals surface area contributed by atoms with E-state index in [4.69, 9.17) is 0 Å². The summed E-state index contributed by atoms with van der Waals surface area (Å²) in [6.07, 6.45) is 2.76. The Morgan fingerprint density at radius 1 is 1.27 bits per heavy atom. The van der Waals surface area contributed by atoms with Crippen molar-refractivity contribution in [2.45, 2.75) is 33.6 Å². The molecule has 0 atom stereocenters. The van der Waals surface area contributed by atoms with E-state index in [0.29, 0.717) is 17.3 Å². The van der Waals surface area contributed by atoms with E-state index in [1.54, 1.807) is 15.9 Å². The average molecular weight is 313 g/mol. The van der Waals surface area contributed by atoms with Crippen LogP contribution in [0.1, 0.15) is 41.8 Å². The lowest BCUT2D eigenvalue weighted by atomic mass is 10.1. The molecule has 0 N–H and O–H groups in total. The number of hydrogen-bond acceptors (Lipinski definition) is 4. The maximum atomic E-state index is 11.5. The van der Waals surface area contributed by atoms with Crippen LogP contribution in [0.25, 0.3) is 16.2 Å². The summed E-state index contributed by atoms with van der Waals surface area (Å²) in [7, 11) is 0. The summed E-state index contributed by atoms with van der Waals surface area (Å²) in [5.74, 6) is 0.539. The second-order valence-corrected chi connectivity index (χ2v) is 6.84. The van der Waals surface area contributed by atoms with Gasteiger partial charge < -0.3 is 0 Å². The number of carbonyl (C=O) groups is 1. The van der Waals surface area contributed by atoms with Crippen LogP contribution in [0.5, 0.6) is 0 Å². The minimum atomic E-state index is 0.533. The van der Waals surface area contributed by atoms with Crippen LogP contribution in [0.15, 0.2) is 24.3 Å². The third-order valence-corrected chi connectivity index (χ3v) is 4.54. The normalized spacial score (nSPS) is 11.5. The van der Waals surface area contributed by atoms with E-state index < -0.39 is 0 Å². The summed E-state index contributed by atoms with van der Waals surface area (Å²) in [4.78, 5) is 16.9. The predicted octanol–water partition coefficient (Wildman–Crippen LogP) is 4.03. The zero-order valence-electron chi connectivity index (χ0n) is 13.0. The first kappa shape index (κ1) is 14.9. The zero-order valence-corrected chi connectivity index (χ0v) is 13.9. The van der Waals surface area contributed by atoms with Crippen molar-refractivity contribution in [3.63, 3.8) is 0 Å². The molecule has 2 heterocycles. The van der Waals surface area contributed by atoms with Crippen molar-refractivity contribution in [1.29, 1.82) is 0 Å². The molecule has 0 saturated heterocycles. The molecule has 4 nitrogen and oxygen atoms in total. The molecule has 0 aliphatic heterocycles. The van der Waals surface area contributed by atoms with Gasteiger partial charge in [0.05, 0.1) is 0 Å². The molecule has 0 spiro atoms. The van der Waals surface area contributed by atoms with Gasteiger partial charge in [-0.15, -0.1) is 0 Å². The first-order valence-electron chi connectivity index (χ1n) is 7.55. The molecule has 0 aliphatic carbocycles. The highest BCUT2D eigenvalue weighted by Gasteiger charge is 2.17. The number of nitrogens with zero attached hydrogens (tertiary/aromatic N) is 3. The molecule has 22 heavy (non-hydrogen) atoms. The van der Waals surface area contributed by atoms with E-state index in [1.807, 2.05) is 12.1 Å². The fourth-order valence-corrected chi connectivity index (χ4v) is 3.56. The van der Waals surface area contributed by atoms with Gasteiger partial charge in [-0.2, -0.15) is 9.61 Å². The molecule has 0 fully saturated rings. The van der Waals surface area contributed by atoms with Crippen molar-refractivity contribution in [1.82, 2.24) is 14.6 Å². The fraction of sp³-hybridized carbons (Fsp3) is 0.353. The van der Waals surface area contributed by atoms with Gasteiger partial charge in [0.15, 0.2) is 6.29 Å². The number of aryl methyl sites for hydroxylation is 1. The van der Waals surface area contributed by atoms with Crippen LogP contribution in [0.4, 0.5) is 0 Å². The summed E-state index contributed by atoms with van der Waals surface area (Å²) >= 11 is 1.56. The van der Waals surface area contributed by atoms with Gasteiger partial charge in [0.1, 0.15) is 16.4 Å². The molecule has 0 unspecified atom stereocenters. The number of rotatable bonds is 5. The Balaban J connectivity index is 2.05. The van der Waals surface area contributed by atoms with Crippen molar-refractivity contribution in [2.24, 2.45) is 5.92 Å². The number of hydrogen-bond donors (Lipinski definition) is 0. The van der Waals surface area contributed by atoms with Gasteiger partial charge in [-0.1, -0.05) is 56.4 Å². The quantitative estimate of drug-likeness (QED) is 0.668. The van der Waals surface area contributed by atoms with E-state index in [-0.39, 0.29) is 0 Å². The predicted molar refractivity (Wildman–Crippen MR) is 89.6 cm³/mol. The third kappa shape index (κ3) is 2.68. The fourth-order valence-electron chi connectivity index (χ4n) is 2.45. The smallest absolute Gasteiger partial charge is 0.213 e. The van der Waals surface area contributed by atoms with E-state index in [1.165, 1.54) is 5.56 Å². The summed E-state index contributed by atoms with van der Waals surface area (Å²) in [5, 5.41) is 5.57. The molecule has 0 aliphatic rings. The summed E-state index contributed by atoms with van der Waals surface area (Å²) < 4.78 is 1.68. The SMILES string of the molecule is CCc1ccc(-c2nc3sc(CC(C)C)nn3c2C=O)cc1. The van der Waals surface area contributed by atoms with E-state index >= 15 is 0 Å². The van der Waals surface area contributed by atoms with Gasteiger partial charge in [-0.25, -0.2) is 4.98 Å². The van der Waals surface area contributed by atoms with Gasteiger partial charge in [-0.3, -0.25) is 4.79 Å². The molecule has 3 aromatic rings. The summed E-state index contributed by atoms with van der Waals surface area (Å²) in [6, 6.07) is 8.20. The van der Waals surface area contributed by atoms with Gasteiger partial charge in [-0.05, 0) is 17.9 Å². The highest BCUT2D eigenvalue weighted by Crippen LogP contribution is 2.27. The minimum Gasteiger partial charge on any atom is -0.296 e. The number of imidazole rings is 1. The van der Waals surface area contributed by atoms with Crippen LogP contribution in [-0.2, 0) is 12.8 Å². The number of benzene rings is 1. The Kier molecular flexibility index (Phi) is 4.07. The van der Waals surface area contributed by atoms with Crippen LogP contribution in [0.3, 0.4) is 0 Å². The molecule has 114 valence electrons. The van der Waals surface area contributed by atoms with Crippen LogP contribution in [0, 0.1) is 5.92 Å². The topological polar surface area (TPSA) is 47.3 Å². The van der Waals surface area contributed by atoms with E-state index in [0.717, 1.165) is 34.7 Å². The van der Waals surface area contributed by atoms with Crippen molar-refractivity contribution in [2.75, 3.05) is 0 Å². The van der Waals surface area contributed by atoms with Gasteiger partial charge in [0.25, 0.3) is 0 Å². The molecule has 0 amide bonds. The second kappa shape index (κ2) is 6.01. The molecule has 3 rings (SSSR count). The van der Waals surface area contributed by atoms with E-state index in [9.17, 15) is 4.79 Å². The lowest BCUT2D eigenvalue weighted by Gasteiger charge is -2.01. The summed E-state index contributed by atoms with van der Waals surface area (Å²) in [6.45, 7) is 6.44. The van der Waals surface area contributed by atoms with Crippen molar-refractivity contribution < 1.29 is 4.79 Å². The Labute approximate surface area is 133 Å². The van der Waals surface area contributed by atoms with Gasteiger partial charge in [0, 0.05) is 12.0 Å². The average Bonchev–Trinajstić information content (AvgIpc) is 3.03. The second-order valence-electron chi connectivity index (χ2n) is 5.80. The molecular weight excluding hydrogens is 294 g/mol. The Morgan fingerprint density at radius 2 is 2.00 bits per heavy atom. The Hall–Kier alpha value is -2.01. The van der Waals surface area contributed by atoms with Crippen LogP contribution in [-0.4, -0.2) is 20.9 Å². The van der Waals surface area contributed by atoms with Gasteiger partial charge in [0.2, 0.25) is 4.96 Å². The molecule has 0 radical (unpaired) electrons. The summed E-state index contributed by atoms with van der Waals surface area (Å²) in [5.41, 5.74) is 3.48. The van der Waals surface area contributed by atoms with Crippen LogP contribution in [0.2, 0.25) is 0 Å². The van der Waals surface area contributed by atoms with Crippen LogP contribution >= 0.6 is 11.3 Å². The molecule has 1 aromatic carbocycles. The maximum absolute atomic E-state index is 11.5. The molecular formula is C17H19N3OS. The third-order valence-electron chi connectivity index (χ3n) is 3.61. The minimum absolute atomic E-state index is 0.533. The van der Waals surface area contributed by atoms with Crippen molar-refractivity contribution in [3.8, 4) is 11.3 Å². The number of aromatic nitrogens is 3.